The zero-order valence-electron chi connectivity index (χ0n) is 19.3. The van der Waals surface area contributed by atoms with Crippen LogP contribution in [0.25, 0.3) is 10.9 Å². The van der Waals surface area contributed by atoms with E-state index in [4.69, 9.17) is 0 Å². The lowest BCUT2D eigenvalue weighted by atomic mass is 9.89. The molecule has 2 saturated carbocycles. The van der Waals surface area contributed by atoms with Crippen molar-refractivity contribution >= 4 is 22.5 Å². The summed E-state index contributed by atoms with van der Waals surface area (Å²) in [5.74, 6) is 1.75. The monoisotopic (exact) mass is 422 g/mol. The normalized spacial score (nSPS) is 20.4. The number of carbonyl (C=O) groups excluding carboxylic acids is 1. The van der Waals surface area contributed by atoms with Crippen molar-refractivity contribution in [2.45, 2.75) is 65.3 Å². The summed E-state index contributed by atoms with van der Waals surface area (Å²) < 4.78 is 2.53. The molecule has 31 heavy (non-hydrogen) atoms. The molecule has 3 fully saturated rings. The van der Waals surface area contributed by atoms with Crippen LogP contribution in [0.3, 0.4) is 0 Å². The van der Waals surface area contributed by atoms with Crippen LogP contribution in [0.5, 0.6) is 0 Å². The second-order valence-electron chi connectivity index (χ2n) is 10.1. The number of nitrogens with zero attached hydrogens (tertiary/aromatic N) is 2. The molecule has 2 aliphatic carbocycles. The number of rotatable bonds is 6. The fraction of sp³-hybridized carbons (Fsp3) is 0.654. The van der Waals surface area contributed by atoms with Crippen LogP contribution < -0.4 is 10.6 Å². The van der Waals surface area contributed by atoms with E-state index in [9.17, 15) is 4.79 Å². The summed E-state index contributed by atoms with van der Waals surface area (Å²) in [5.41, 5.74) is 6.00. The highest BCUT2D eigenvalue weighted by molar-refractivity contribution is 6.04. The third-order valence-corrected chi connectivity index (χ3v) is 7.83. The van der Waals surface area contributed by atoms with E-state index in [2.05, 4.69) is 41.2 Å². The number of amides is 1. The molecule has 2 heterocycles. The smallest absolute Gasteiger partial charge is 0.254 e. The van der Waals surface area contributed by atoms with Gasteiger partial charge in [-0.25, -0.2) is 0 Å². The Hall–Kier alpha value is -2.01. The van der Waals surface area contributed by atoms with Crippen molar-refractivity contribution in [3.05, 3.63) is 29.0 Å². The molecule has 2 N–H and O–H groups in total. The van der Waals surface area contributed by atoms with Crippen LogP contribution in [0, 0.1) is 25.7 Å². The average molecular weight is 423 g/mol. The lowest BCUT2D eigenvalue weighted by Crippen LogP contribution is -2.46. The number of carbonyl (C=O) groups is 1. The number of hydrogen-bond acceptors (Lipinski definition) is 3. The third kappa shape index (κ3) is 4.34. The maximum absolute atomic E-state index is 13.4. The van der Waals surface area contributed by atoms with E-state index in [0.717, 1.165) is 56.7 Å². The Morgan fingerprint density at radius 3 is 2.48 bits per heavy atom. The summed E-state index contributed by atoms with van der Waals surface area (Å²) in [4.78, 5) is 15.4. The molecule has 0 unspecified atom stereocenters. The summed E-state index contributed by atoms with van der Waals surface area (Å²) in [7, 11) is 0. The van der Waals surface area contributed by atoms with Crippen LogP contribution >= 0.6 is 0 Å². The molecule has 0 spiro atoms. The van der Waals surface area contributed by atoms with Crippen LogP contribution in [-0.4, -0.2) is 48.1 Å². The molecule has 1 aromatic heterocycles. The molecule has 3 aliphatic rings. The van der Waals surface area contributed by atoms with Crippen LogP contribution in [0.4, 0.5) is 5.69 Å². The Kier molecular flexibility index (Phi) is 5.96. The van der Waals surface area contributed by atoms with Gasteiger partial charge in [0.15, 0.2) is 0 Å². The number of hydrogen-bond donors (Lipinski definition) is 2. The maximum atomic E-state index is 13.4. The van der Waals surface area contributed by atoms with Crippen molar-refractivity contribution in [1.29, 1.82) is 0 Å². The van der Waals surface area contributed by atoms with E-state index in [1.54, 1.807) is 0 Å². The van der Waals surface area contributed by atoms with E-state index in [-0.39, 0.29) is 5.91 Å². The van der Waals surface area contributed by atoms with Gasteiger partial charge in [0.25, 0.3) is 5.91 Å². The van der Waals surface area contributed by atoms with Crippen LogP contribution in [0.15, 0.2) is 12.1 Å². The van der Waals surface area contributed by atoms with Crippen LogP contribution in [0.2, 0.25) is 0 Å². The van der Waals surface area contributed by atoms with Gasteiger partial charge in [-0.15, -0.1) is 0 Å². The van der Waals surface area contributed by atoms with Gasteiger partial charge in [0.2, 0.25) is 0 Å². The lowest BCUT2D eigenvalue weighted by molar-refractivity contribution is 0.0736. The molecule has 1 aromatic carbocycles. The summed E-state index contributed by atoms with van der Waals surface area (Å²) in [6, 6.07) is 4.31. The quantitative estimate of drug-likeness (QED) is 0.709. The van der Waals surface area contributed by atoms with Gasteiger partial charge in [0.05, 0.1) is 11.2 Å². The predicted molar refractivity (Wildman–Crippen MR) is 128 cm³/mol. The summed E-state index contributed by atoms with van der Waals surface area (Å²) >= 11 is 0. The molecule has 168 valence electrons. The Labute approximate surface area is 186 Å². The number of aryl methyl sites for hydroxylation is 1. The SMILES string of the molecule is Cc1c(C)n(CC2CC2)c2c(NCC3CCCCC3)cc(C(=O)N3CCNCC3)cc12. The van der Waals surface area contributed by atoms with Crippen LogP contribution in [0.1, 0.15) is 66.6 Å². The van der Waals surface area contributed by atoms with Crippen molar-refractivity contribution < 1.29 is 4.79 Å². The van der Waals surface area contributed by atoms with E-state index < -0.39 is 0 Å². The van der Waals surface area contributed by atoms with Crippen molar-refractivity contribution in [3.8, 4) is 0 Å². The molecule has 5 nitrogen and oxygen atoms in total. The van der Waals surface area contributed by atoms with E-state index in [1.807, 2.05) is 4.90 Å². The summed E-state index contributed by atoms with van der Waals surface area (Å²) in [5, 5.41) is 8.43. The minimum absolute atomic E-state index is 0.177. The Bertz CT molecular complexity index is 946. The van der Waals surface area contributed by atoms with Gasteiger partial charge in [-0.3, -0.25) is 4.79 Å². The van der Waals surface area contributed by atoms with Crippen molar-refractivity contribution in [1.82, 2.24) is 14.8 Å². The predicted octanol–water partition coefficient (Wildman–Crippen LogP) is 4.71. The van der Waals surface area contributed by atoms with Gasteiger partial charge in [-0.1, -0.05) is 19.3 Å². The first-order valence-electron chi connectivity index (χ1n) is 12.5. The van der Waals surface area contributed by atoms with Crippen molar-refractivity contribution in [2.75, 3.05) is 38.0 Å². The van der Waals surface area contributed by atoms with Gasteiger partial charge in [-0.05, 0) is 69.1 Å². The van der Waals surface area contributed by atoms with Crippen LogP contribution in [-0.2, 0) is 6.54 Å². The highest BCUT2D eigenvalue weighted by Crippen LogP contribution is 2.38. The molecule has 1 aliphatic heterocycles. The molecular formula is C26H38N4O. The fourth-order valence-electron chi connectivity index (χ4n) is 5.52. The molecule has 0 bridgehead atoms. The molecule has 0 atom stereocenters. The number of benzene rings is 1. The highest BCUT2D eigenvalue weighted by Gasteiger charge is 2.27. The van der Waals surface area contributed by atoms with Crippen molar-refractivity contribution in [3.63, 3.8) is 0 Å². The maximum Gasteiger partial charge on any atom is 0.254 e. The Morgan fingerprint density at radius 2 is 1.77 bits per heavy atom. The number of aromatic nitrogens is 1. The van der Waals surface area contributed by atoms with Crippen molar-refractivity contribution in [2.24, 2.45) is 11.8 Å². The van der Waals surface area contributed by atoms with Gasteiger partial charge >= 0.3 is 0 Å². The van der Waals surface area contributed by atoms with E-state index in [0.29, 0.717) is 0 Å². The molecule has 0 radical (unpaired) electrons. The zero-order valence-corrected chi connectivity index (χ0v) is 19.3. The van der Waals surface area contributed by atoms with Gasteiger partial charge in [0.1, 0.15) is 0 Å². The summed E-state index contributed by atoms with van der Waals surface area (Å²) in [6.45, 7) is 9.97. The minimum Gasteiger partial charge on any atom is -0.383 e. The van der Waals surface area contributed by atoms with E-state index >= 15 is 0 Å². The first-order chi connectivity index (χ1) is 15.1. The van der Waals surface area contributed by atoms with E-state index in [1.165, 1.54) is 72.8 Å². The fourth-order valence-corrected chi connectivity index (χ4v) is 5.52. The second kappa shape index (κ2) is 8.85. The third-order valence-electron chi connectivity index (χ3n) is 7.83. The molecule has 1 saturated heterocycles. The number of piperazine rings is 1. The topological polar surface area (TPSA) is 49.3 Å². The minimum atomic E-state index is 0.177. The standard InChI is InChI=1S/C26H38N4O/c1-18-19(2)30(17-21-8-9-21)25-23(18)14-22(26(31)29-12-10-27-11-13-29)15-24(25)28-16-20-6-4-3-5-7-20/h14-15,20-21,27-28H,3-13,16-17H2,1-2H3. The summed E-state index contributed by atoms with van der Waals surface area (Å²) in [6.07, 6.45) is 9.47. The lowest BCUT2D eigenvalue weighted by Gasteiger charge is -2.28. The van der Waals surface area contributed by atoms with Gasteiger partial charge in [-0.2, -0.15) is 0 Å². The largest absolute Gasteiger partial charge is 0.383 e. The van der Waals surface area contributed by atoms with Gasteiger partial charge < -0.3 is 20.1 Å². The second-order valence-corrected chi connectivity index (χ2v) is 10.1. The molecule has 2 aromatic rings. The first kappa shape index (κ1) is 20.9. The zero-order chi connectivity index (χ0) is 21.4. The molecule has 5 rings (SSSR count). The Morgan fingerprint density at radius 1 is 1.03 bits per heavy atom. The van der Waals surface area contributed by atoms with Gasteiger partial charge in [0, 0.05) is 55.9 Å². The molecule has 1 amide bonds. The molecule has 5 heteroatoms. The first-order valence-corrected chi connectivity index (χ1v) is 12.5. The number of fused-ring (bicyclic) bond motifs is 1. The Balaban J connectivity index is 1.52. The molecular weight excluding hydrogens is 384 g/mol. The highest BCUT2D eigenvalue weighted by atomic mass is 16.2. The number of anilines is 1. The average Bonchev–Trinajstić information content (AvgIpc) is 3.61. The number of nitrogens with one attached hydrogen (secondary N) is 2.